The van der Waals surface area contributed by atoms with E-state index >= 15 is 0 Å². The van der Waals surface area contributed by atoms with Gasteiger partial charge < -0.3 is 14.6 Å². The number of thiazole rings is 1. The van der Waals surface area contributed by atoms with E-state index in [0.29, 0.717) is 21.8 Å². The van der Waals surface area contributed by atoms with E-state index in [9.17, 15) is 4.79 Å². The van der Waals surface area contributed by atoms with Crippen LogP contribution in [0.25, 0.3) is 10.2 Å². The summed E-state index contributed by atoms with van der Waals surface area (Å²) in [6, 6.07) is 14.2. The highest BCUT2D eigenvalue weighted by atomic mass is 32.1. The highest BCUT2D eigenvalue weighted by molar-refractivity contribution is 7.16. The van der Waals surface area contributed by atoms with E-state index in [4.69, 9.17) is 15.4 Å². The van der Waals surface area contributed by atoms with E-state index in [-0.39, 0.29) is 12.5 Å². The lowest BCUT2D eigenvalue weighted by Gasteiger charge is -2.07. The molecule has 0 aliphatic carbocycles. The number of aromatic nitrogens is 1. The molecule has 3 rings (SSSR count). The molecule has 0 saturated carbocycles. The molecule has 0 radical (unpaired) electrons. The van der Waals surface area contributed by atoms with Crippen LogP contribution in [-0.2, 0) is 11.3 Å². The summed E-state index contributed by atoms with van der Waals surface area (Å²) in [6.07, 6.45) is 0. The minimum absolute atomic E-state index is 0.0297. The highest BCUT2D eigenvalue weighted by Crippen LogP contribution is 2.23. The number of nitrogens with one attached hydrogen (secondary N) is 2. The average molecular weight is 338 g/mol. The van der Waals surface area contributed by atoms with Crippen molar-refractivity contribution in [3.05, 3.63) is 52.8 Å². The van der Waals surface area contributed by atoms with Gasteiger partial charge in [0.25, 0.3) is 0 Å². The summed E-state index contributed by atoms with van der Waals surface area (Å²) in [7, 11) is 1.59. The van der Waals surface area contributed by atoms with Gasteiger partial charge in [0, 0.05) is 5.69 Å². The Hall–Kier alpha value is -3.11. The van der Waals surface area contributed by atoms with Crippen LogP contribution in [0.4, 0.5) is 5.69 Å². The van der Waals surface area contributed by atoms with Gasteiger partial charge in [-0.05, 0) is 36.4 Å². The van der Waals surface area contributed by atoms with Gasteiger partial charge in [-0.15, -0.1) is 0 Å². The molecule has 0 saturated heterocycles. The van der Waals surface area contributed by atoms with E-state index in [1.165, 1.54) is 11.3 Å². The van der Waals surface area contributed by atoms with Gasteiger partial charge in [0.05, 0.1) is 29.0 Å². The molecule has 7 heteroatoms. The number of rotatable bonds is 4. The summed E-state index contributed by atoms with van der Waals surface area (Å²) in [5, 5.41) is 19.7. The fraction of sp³-hybridized carbons (Fsp3) is 0.118. The fourth-order valence-corrected chi connectivity index (χ4v) is 3.30. The Bertz CT molecular complexity index is 1010. The van der Waals surface area contributed by atoms with Crippen LogP contribution in [0.15, 0.2) is 42.5 Å². The van der Waals surface area contributed by atoms with Crippen LogP contribution in [0, 0.1) is 16.7 Å². The fourth-order valence-electron chi connectivity index (χ4n) is 2.36. The van der Waals surface area contributed by atoms with Gasteiger partial charge in [0.2, 0.25) is 5.91 Å². The van der Waals surface area contributed by atoms with Gasteiger partial charge in [0.15, 0.2) is 4.80 Å². The maximum atomic E-state index is 12.3. The quantitative estimate of drug-likeness (QED) is 0.766. The first-order valence-corrected chi connectivity index (χ1v) is 7.94. The van der Waals surface area contributed by atoms with Crippen molar-refractivity contribution in [2.75, 3.05) is 12.4 Å². The number of hydrogen-bond donors (Lipinski definition) is 2. The number of benzene rings is 2. The zero-order chi connectivity index (χ0) is 17.1. The minimum atomic E-state index is -0.251. The second kappa shape index (κ2) is 6.56. The van der Waals surface area contributed by atoms with Crippen molar-refractivity contribution in [3.63, 3.8) is 0 Å². The monoisotopic (exact) mass is 338 g/mol. The van der Waals surface area contributed by atoms with Crippen LogP contribution in [0.5, 0.6) is 5.75 Å². The number of hydrogen-bond acceptors (Lipinski definition) is 5. The van der Waals surface area contributed by atoms with Crippen LogP contribution in [-0.4, -0.2) is 17.6 Å². The van der Waals surface area contributed by atoms with E-state index in [0.717, 1.165) is 10.2 Å². The molecule has 1 heterocycles. The Labute approximate surface area is 142 Å². The molecule has 0 bridgehead atoms. The third-order valence-electron chi connectivity index (χ3n) is 3.49. The first kappa shape index (κ1) is 15.8. The molecule has 1 amide bonds. The number of anilines is 1. The maximum absolute atomic E-state index is 12.3. The second-order valence-corrected chi connectivity index (χ2v) is 6.10. The van der Waals surface area contributed by atoms with Crippen molar-refractivity contribution in [3.8, 4) is 11.8 Å². The molecular formula is C17H14N4O2S. The van der Waals surface area contributed by atoms with Gasteiger partial charge in [-0.1, -0.05) is 17.4 Å². The van der Waals surface area contributed by atoms with Crippen molar-refractivity contribution >= 4 is 33.1 Å². The van der Waals surface area contributed by atoms with E-state index in [2.05, 4.69) is 5.32 Å². The molecule has 3 aromatic rings. The molecule has 24 heavy (non-hydrogen) atoms. The third-order valence-corrected chi connectivity index (χ3v) is 4.45. The predicted octanol–water partition coefficient (Wildman–Crippen LogP) is 2.70. The minimum Gasteiger partial charge on any atom is -0.497 e. The number of carbonyl (C=O) groups excluding carboxylic acids is 1. The Morgan fingerprint density at radius 1 is 1.38 bits per heavy atom. The Morgan fingerprint density at radius 3 is 2.96 bits per heavy atom. The maximum Gasteiger partial charge on any atom is 0.244 e. The second-order valence-electron chi connectivity index (χ2n) is 5.07. The molecule has 0 spiro atoms. The molecule has 0 aliphatic rings. The molecule has 0 fully saturated rings. The number of fused-ring (bicyclic) bond motifs is 1. The zero-order valence-corrected chi connectivity index (χ0v) is 13.7. The molecule has 6 nitrogen and oxygen atoms in total. The van der Waals surface area contributed by atoms with E-state index in [1.807, 2.05) is 18.2 Å². The number of ether oxygens (including phenoxy) is 1. The first-order valence-electron chi connectivity index (χ1n) is 7.12. The topological polar surface area (TPSA) is 90.9 Å². The lowest BCUT2D eigenvalue weighted by molar-refractivity contribution is -0.116. The number of methoxy groups -OCH3 is 1. The van der Waals surface area contributed by atoms with Crippen molar-refractivity contribution < 1.29 is 9.53 Å². The molecule has 2 N–H and O–H groups in total. The molecule has 0 unspecified atom stereocenters. The summed E-state index contributed by atoms with van der Waals surface area (Å²) in [5.74, 6) is 0.466. The Balaban J connectivity index is 1.84. The number of nitrogens with zero attached hydrogens (tertiary/aromatic N) is 2. The van der Waals surface area contributed by atoms with E-state index in [1.54, 1.807) is 42.0 Å². The van der Waals surface area contributed by atoms with Crippen LogP contribution in [0.2, 0.25) is 0 Å². The summed E-state index contributed by atoms with van der Waals surface area (Å²) >= 11 is 1.29. The van der Waals surface area contributed by atoms with E-state index < -0.39 is 0 Å². The normalized spacial score (nSPS) is 10.3. The number of nitriles is 1. The van der Waals surface area contributed by atoms with Crippen LogP contribution < -0.4 is 14.9 Å². The summed E-state index contributed by atoms with van der Waals surface area (Å²) in [5.41, 5.74) is 1.86. The van der Waals surface area contributed by atoms with Crippen molar-refractivity contribution in [2.24, 2.45) is 0 Å². The molecule has 0 atom stereocenters. The van der Waals surface area contributed by atoms with Crippen LogP contribution >= 0.6 is 11.3 Å². The number of carbonyl (C=O) groups is 1. The van der Waals surface area contributed by atoms with Gasteiger partial charge in [0.1, 0.15) is 12.3 Å². The highest BCUT2D eigenvalue weighted by Gasteiger charge is 2.11. The van der Waals surface area contributed by atoms with Gasteiger partial charge >= 0.3 is 0 Å². The molecule has 1 aromatic heterocycles. The summed E-state index contributed by atoms with van der Waals surface area (Å²) in [4.78, 5) is 12.6. The molecule has 0 aliphatic heterocycles. The van der Waals surface area contributed by atoms with Crippen molar-refractivity contribution in [1.82, 2.24) is 4.57 Å². The molecule has 2 aromatic carbocycles. The lowest BCUT2D eigenvalue weighted by atomic mass is 10.2. The molecule has 120 valence electrons. The zero-order valence-electron chi connectivity index (χ0n) is 12.9. The van der Waals surface area contributed by atoms with Crippen LogP contribution in [0.1, 0.15) is 5.56 Å². The number of amides is 1. The Morgan fingerprint density at radius 2 is 2.21 bits per heavy atom. The Kier molecular flexibility index (Phi) is 4.31. The third kappa shape index (κ3) is 3.14. The van der Waals surface area contributed by atoms with Crippen molar-refractivity contribution in [1.29, 1.82) is 10.7 Å². The van der Waals surface area contributed by atoms with Gasteiger partial charge in [-0.2, -0.15) is 5.26 Å². The predicted molar refractivity (Wildman–Crippen MR) is 92.0 cm³/mol. The molecular weight excluding hydrogens is 324 g/mol. The van der Waals surface area contributed by atoms with Gasteiger partial charge in [-0.3, -0.25) is 10.2 Å². The SMILES string of the molecule is COc1ccc2c(c1)sc(=N)n2CC(=O)Nc1cccc(C#N)c1. The lowest BCUT2D eigenvalue weighted by Crippen LogP contribution is -2.24. The summed E-state index contributed by atoms with van der Waals surface area (Å²) < 4.78 is 7.71. The van der Waals surface area contributed by atoms with Crippen LogP contribution in [0.3, 0.4) is 0 Å². The van der Waals surface area contributed by atoms with Crippen molar-refractivity contribution in [2.45, 2.75) is 6.54 Å². The van der Waals surface area contributed by atoms with Gasteiger partial charge in [-0.25, -0.2) is 0 Å². The summed E-state index contributed by atoms with van der Waals surface area (Å²) in [6.45, 7) is 0.0297. The standard InChI is InChI=1S/C17H14N4O2S/c1-23-13-5-6-14-15(8-13)24-17(19)21(14)10-16(22)20-12-4-2-3-11(7-12)9-18/h2-8,19H,10H2,1H3,(H,20,22). The average Bonchev–Trinajstić information content (AvgIpc) is 2.89. The first-order chi connectivity index (χ1) is 11.6. The smallest absolute Gasteiger partial charge is 0.244 e. The largest absolute Gasteiger partial charge is 0.497 e.